The van der Waals surface area contributed by atoms with Crippen LogP contribution < -0.4 is 5.32 Å². The van der Waals surface area contributed by atoms with Gasteiger partial charge in [0.05, 0.1) is 0 Å². The lowest BCUT2D eigenvalue weighted by atomic mass is 10.2. The fraction of sp³-hybridized carbons (Fsp3) is 1.00. The van der Waals surface area contributed by atoms with E-state index in [4.69, 9.17) is 0 Å². The van der Waals surface area contributed by atoms with E-state index in [0.717, 1.165) is 11.3 Å². The predicted molar refractivity (Wildman–Crippen MR) is 67.1 cm³/mol. The summed E-state index contributed by atoms with van der Waals surface area (Å²) in [6.45, 7) is 5.78. The molecule has 0 aromatic carbocycles. The minimum Gasteiger partial charge on any atom is -0.314 e. The van der Waals surface area contributed by atoms with E-state index in [1.807, 2.05) is 0 Å². The smallest absolute Gasteiger partial charge is 0.00779 e. The van der Waals surface area contributed by atoms with Crippen LogP contribution >= 0.6 is 11.8 Å². The molecule has 14 heavy (non-hydrogen) atoms. The summed E-state index contributed by atoms with van der Waals surface area (Å²) < 4.78 is 0. The molecular weight excluding hydrogens is 190 g/mol. The fourth-order valence-electron chi connectivity index (χ4n) is 2.19. The Bertz CT molecular complexity index is 138. The zero-order chi connectivity index (χ0) is 10.2. The van der Waals surface area contributed by atoms with Crippen LogP contribution in [0.25, 0.3) is 0 Å². The minimum atomic E-state index is 0.830. The minimum absolute atomic E-state index is 0.830. The van der Waals surface area contributed by atoms with Crippen molar-refractivity contribution < 1.29 is 0 Å². The van der Waals surface area contributed by atoms with E-state index in [1.165, 1.54) is 50.8 Å². The number of unbranched alkanes of at least 4 members (excludes halogenated alkanes) is 2. The average Bonchev–Trinajstić information content (AvgIpc) is 2.61. The van der Waals surface area contributed by atoms with Crippen LogP contribution in [0.5, 0.6) is 0 Å². The topological polar surface area (TPSA) is 12.0 Å². The molecule has 1 rings (SSSR count). The standard InChI is InChI=1S/C12H25NS/c1-3-5-6-9-13-11-7-8-12(10-11)14-4-2/h11-13H,3-10H2,1-2H3. The Hall–Kier alpha value is 0.310. The second-order valence-corrected chi connectivity index (χ2v) is 5.83. The second-order valence-electron chi connectivity index (χ2n) is 4.25. The van der Waals surface area contributed by atoms with Gasteiger partial charge in [0.25, 0.3) is 0 Å². The van der Waals surface area contributed by atoms with Crippen LogP contribution in [0.3, 0.4) is 0 Å². The molecule has 0 heterocycles. The van der Waals surface area contributed by atoms with Crippen molar-refractivity contribution in [2.45, 2.75) is 63.7 Å². The van der Waals surface area contributed by atoms with Gasteiger partial charge in [0.1, 0.15) is 0 Å². The first-order chi connectivity index (χ1) is 6.86. The highest BCUT2D eigenvalue weighted by Crippen LogP contribution is 2.29. The Kier molecular flexibility index (Phi) is 6.70. The van der Waals surface area contributed by atoms with Crippen LogP contribution in [0, 0.1) is 0 Å². The summed E-state index contributed by atoms with van der Waals surface area (Å²) in [6.07, 6.45) is 8.32. The van der Waals surface area contributed by atoms with Crippen molar-refractivity contribution in [3.63, 3.8) is 0 Å². The molecule has 2 atom stereocenters. The molecule has 0 radical (unpaired) electrons. The van der Waals surface area contributed by atoms with Gasteiger partial charge < -0.3 is 5.32 Å². The highest BCUT2D eigenvalue weighted by atomic mass is 32.2. The Morgan fingerprint density at radius 2 is 2.07 bits per heavy atom. The van der Waals surface area contributed by atoms with Crippen molar-refractivity contribution in [1.29, 1.82) is 0 Å². The Labute approximate surface area is 93.4 Å². The van der Waals surface area contributed by atoms with E-state index in [1.54, 1.807) is 0 Å². The van der Waals surface area contributed by atoms with Gasteiger partial charge in [-0.05, 0) is 38.0 Å². The van der Waals surface area contributed by atoms with Gasteiger partial charge in [-0.2, -0.15) is 11.8 Å². The third kappa shape index (κ3) is 4.70. The van der Waals surface area contributed by atoms with E-state index >= 15 is 0 Å². The maximum Gasteiger partial charge on any atom is 0.00779 e. The quantitative estimate of drug-likeness (QED) is 0.653. The van der Waals surface area contributed by atoms with Crippen molar-refractivity contribution in [1.82, 2.24) is 5.32 Å². The van der Waals surface area contributed by atoms with Crippen molar-refractivity contribution in [3.05, 3.63) is 0 Å². The Balaban J connectivity index is 1.98. The van der Waals surface area contributed by atoms with Crippen LogP contribution in [0.2, 0.25) is 0 Å². The Morgan fingerprint density at radius 3 is 2.79 bits per heavy atom. The number of rotatable bonds is 7. The second kappa shape index (κ2) is 7.58. The normalized spacial score (nSPS) is 27.0. The number of hydrogen-bond acceptors (Lipinski definition) is 2. The molecule has 1 saturated carbocycles. The van der Waals surface area contributed by atoms with Gasteiger partial charge in [-0.25, -0.2) is 0 Å². The summed E-state index contributed by atoms with van der Waals surface area (Å²) in [4.78, 5) is 0. The highest BCUT2D eigenvalue weighted by molar-refractivity contribution is 7.99. The van der Waals surface area contributed by atoms with Crippen molar-refractivity contribution in [2.24, 2.45) is 0 Å². The highest BCUT2D eigenvalue weighted by Gasteiger charge is 2.23. The molecule has 0 aromatic heterocycles. The average molecular weight is 215 g/mol. The molecule has 0 aliphatic heterocycles. The van der Waals surface area contributed by atoms with Crippen molar-refractivity contribution in [2.75, 3.05) is 12.3 Å². The molecule has 1 aliphatic carbocycles. The molecule has 1 N–H and O–H groups in total. The molecule has 2 unspecified atom stereocenters. The van der Waals surface area contributed by atoms with Crippen molar-refractivity contribution in [3.8, 4) is 0 Å². The number of hydrogen-bond donors (Lipinski definition) is 1. The fourth-order valence-corrected chi connectivity index (χ4v) is 3.34. The molecular formula is C12H25NS. The first kappa shape index (κ1) is 12.4. The first-order valence-electron chi connectivity index (χ1n) is 6.21. The van der Waals surface area contributed by atoms with Crippen LogP contribution in [0.15, 0.2) is 0 Å². The van der Waals surface area contributed by atoms with Gasteiger partial charge in [0, 0.05) is 11.3 Å². The van der Waals surface area contributed by atoms with E-state index in [0.29, 0.717) is 0 Å². The molecule has 1 aliphatic rings. The lowest BCUT2D eigenvalue weighted by Crippen LogP contribution is -2.27. The van der Waals surface area contributed by atoms with Crippen LogP contribution in [0.1, 0.15) is 52.4 Å². The third-order valence-electron chi connectivity index (χ3n) is 3.00. The van der Waals surface area contributed by atoms with Crippen LogP contribution in [-0.4, -0.2) is 23.6 Å². The summed E-state index contributed by atoms with van der Waals surface area (Å²) in [5.41, 5.74) is 0. The van der Waals surface area contributed by atoms with Crippen LogP contribution in [0.4, 0.5) is 0 Å². The summed E-state index contributed by atoms with van der Waals surface area (Å²) in [6, 6.07) is 0.830. The van der Waals surface area contributed by atoms with Gasteiger partial charge in [0.2, 0.25) is 0 Å². The molecule has 2 heteroatoms. The van der Waals surface area contributed by atoms with E-state index in [-0.39, 0.29) is 0 Å². The maximum absolute atomic E-state index is 3.69. The van der Waals surface area contributed by atoms with E-state index < -0.39 is 0 Å². The van der Waals surface area contributed by atoms with Gasteiger partial charge >= 0.3 is 0 Å². The predicted octanol–water partition coefficient (Wildman–Crippen LogP) is 3.44. The molecule has 0 bridgehead atoms. The molecule has 1 fully saturated rings. The SMILES string of the molecule is CCCCCNC1CCC(SCC)C1. The summed E-state index contributed by atoms with van der Waals surface area (Å²) in [5, 5.41) is 4.64. The van der Waals surface area contributed by atoms with Crippen LogP contribution in [-0.2, 0) is 0 Å². The molecule has 84 valence electrons. The maximum atomic E-state index is 3.69. The first-order valence-corrected chi connectivity index (χ1v) is 7.26. The largest absolute Gasteiger partial charge is 0.314 e. The monoisotopic (exact) mass is 215 g/mol. The molecule has 0 saturated heterocycles. The molecule has 0 aromatic rings. The van der Waals surface area contributed by atoms with Gasteiger partial charge in [-0.3, -0.25) is 0 Å². The molecule has 1 nitrogen and oxygen atoms in total. The number of nitrogens with one attached hydrogen (secondary N) is 1. The van der Waals surface area contributed by atoms with E-state index in [2.05, 4.69) is 30.9 Å². The zero-order valence-electron chi connectivity index (χ0n) is 9.72. The third-order valence-corrected chi connectivity index (χ3v) is 4.23. The molecule has 0 amide bonds. The zero-order valence-corrected chi connectivity index (χ0v) is 10.5. The van der Waals surface area contributed by atoms with Crippen molar-refractivity contribution >= 4 is 11.8 Å². The number of thioether (sulfide) groups is 1. The summed E-state index contributed by atoms with van der Waals surface area (Å²) >= 11 is 2.15. The van der Waals surface area contributed by atoms with Gasteiger partial charge in [-0.1, -0.05) is 26.7 Å². The van der Waals surface area contributed by atoms with Gasteiger partial charge in [-0.15, -0.1) is 0 Å². The molecule has 0 spiro atoms. The summed E-state index contributed by atoms with van der Waals surface area (Å²) in [5.74, 6) is 1.28. The van der Waals surface area contributed by atoms with E-state index in [9.17, 15) is 0 Å². The van der Waals surface area contributed by atoms with Gasteiger partial charge in [0.15, 0.2) is 0 Å². The lowest BCUT2D eigenvalue weighted by Gasteiger charge is -2.12. The lowest BCUT2D eigenvalue weighted by molar-refractivity contribution is 0.507. The summed E-state index contributed by atoms with van der Waals surface area (Å²) in [7, 11) is 0. The Morgan fingerprint density at radius 1 is 1.21 bits per heavy atom.